The Morgan fingerprint density at radius 1 is 0.774 bits per heavy atom. The largest absolute Gasteiger partial charge is 0.342 e. The minimum atomic E-state index is -2.25. The van der Waals surface area contributed by atoms with Gasteiger partial charge in [-0.15, -0.1) is 0 Å². The molecule has 4 aromatic rings. The molecule has 0 amide bonds. The molecule has 0 bridgehead atoms. The standard InChI is InChI=1S/C22H13F6N3/c23-15-7-3-1-5-12(15)10-31-11-13(14-6-2-4-8-16(14)31)9-29-30-22-20(27)18(25)17(24)19(26)21(22)28/h1-9,11,30H,10H2/b29-9-. The fraction of sp³-hybridized carbons (Fsp3) is 0.0455. The highest BCUT2D eigenvalue weighted by Crippen LogP contribution is 2.27. The van der Waals surface area contributed by atoms with Crippen molar-refractivity contribution < 1.29 is 26.3 Å². The summed E-state index contributed by atoms with van der Waals surface area (Å²) in [6, 6.07) is 13.4. The Morgan fingerprint density at radius 3 is 2.10 bits per heavy atom. The molecule has 0 aliphatic rings. The van der Waals surface area contributed by atoms with Crippen LogP contribution >= 0.6 is 0 Å². The van der Waals surface area contributed by atoms with E-state index in [-0.39, 0.29) is 12.4 Å². The van der Waals surface area contributed by atoms with E-state index in [1.165, 1.54) is 12.3 Å². The van der Waals surface area contributed by atoms with Crippen LogP contribution in [-0.2, 0) is 6.54 Å². The van der Waals surface area contributed by atoms with Gasteiger partial charge in [-0.2, -0.15) is 5.10 Å². The molecule has 0 aliphatic carbocycles. The molecule has 0 atom stereocenters. The van der Waals surface area contributed by atoms with Crippen LogP contribution in [0.2, 0.25) is 0 Å². The van der Waals surface area contributed by atoms with Gasteiger partial charge in [0.1, 0.15) is 11.5 Å². The second-order valence-electron chi connectivity index (χ2n) is 6.64. The Kier molecular flexibility index (Phi) is 5.41. The maximum atomic E-state index is 14.0. The van der Waals surface area contributed by atoms with Gasteiger partial charge in [0.2, 0.25) is 5.82 Å². The number of rotatable bonds is 5. The van der Waals surface area contributed by atoms with Crippen LogP contribution in [0.5, 0.6) is 0 Å². The number of aromatic nitrogens is 1. The number of halogens is 6. The summed E-state index contributed by atoms with van der Waals surface area (Å²) < 4.78 is 83.1. The minimum Gasteiger partial charge on any atom is -0.342 e. The van der Waals surface area contributed by atoms with Gasteiger partial charge in [-0.25, -0.2) is 26.3 Å². The molecule has 31 heavy (non-hydrogen) atoms. The van der Waals surface area contributed by atoms with Gasteiger partial charge in [0, 0.05) is 28.2 Å². The quantitative estimate of drug-likeness (QED) is 0.136. The van der Waals surface area contributed by atoms with Gasteiger partial charge in [-0.3, -0.25) is 5.43 Å². The zero-order chi connectivity index (χ0) is 22.1. The van der Waals surface area contributed by atoms with Gasteiger partial charge in [-0.05, 0) is 12.1 Å². The van der Waals surface area contributed by atoms with Gasteiger partial charge in [0.15, 0.2) is 23.3 Å². The van der Waals surface area contributed by atoms with Crippen LogP contribution in [0.1, 0.15) is 11.1 Å². The lowest BCUT2D eigenvalue weighted by Gasteiger charge is -2.06. The molecular weight excluding hydrogens is 420 g/mol. The van der Waals surface area contributed by atoms with Gasteiger partial charge in [-0.1, -0.05) is 36.4 Å². The lowest BCUT2D eigenvalue weighted by molar-refractivity contribution is 0.381. The van der Waals surface area contributed by atoms with Crippen molar-refractivity contribution in [2.75, 3.05) is 5.43 Å². The van der Waals surface area contributed by atoms with Gasteiger partial charge < -0.3 is 4.57 Å². The number of hydrogen-bond acceptors (Lipinski definition) is 2. The Bertz CT molecular complexity index is 1280. The molecule has 3 aromatic carbocycles. The number of anilines is 1. The van der Waals surface area contributed by atoms with Crippen LogP contribution in [0, 0.1) is 34.9 Å². The summed E-state index contributed by atoms with van der Waals surface area (Å²) in [5.74, 6) is -10.8. The lowest BCUT2D eigenvalue weighted by Crippen LogP contribution is -2.06. The highest BCUT2D eigenvalue weighted by Gasteiger charge is 2.25. The molecule has 3 nitrogen and oxygen atoms in total. The molecule has 0 saturated heterocycles. The van der Waals surface area contributed by atoms with E-state index in [9.17, 15) is 26.3 Å². The molecule has 0 aliphatic heterocycles. The van der Waals surface area contributed by atoms with E-state index < -0.39 is 34.8 Å². The fourth-order valence-corrected chi connectivity index (χ4v) is 3.19. The molecule has 0 unspecified atom stereocenters. The second-order valence-corrected chi connectivity index (χ2v) is 6.64. The third kappa shape index (κ3) is 3.74. The van der Waals surface area contributed by atoms with E-state index in [4.69, 9.17) is 0 Å². The first-order valence-electron chi connectivity index (χ1n) is 9.00. The number of nitrogens with one attached hydrogen (secondary N) is 1. The summed E-state index contributed by atoms with van der Waals surface area (Å²) >= 11 is 0. The maximum Gasteiger partial charge on any atom is 0.200 e. The highest BCUT2D eigenvalue weighted by atomic mass is 19.2. The summed E-state index contributed by atoms with van der Waals surface area (Å²) in [5.41, 5.74) is 2.29. The molecular formula is C22H13F6N3. The summed E-state index contributed by atoms with van der Waals surface area (Å²) in [7, 11) is 0. The molecule has 1 heterocycles. The number of hydrazone groups is 1. The predicted molar refractivity (Wildman–Crippen MR) is 105 cm³/mol. The summed E-state index contributed by atoms with van der Waals surface area (Å²) in [6.45, 7) is 0.214. The van der Waals surface area contributed by atoms with E-state index in [0.717, 1.165) is 5.52 Å². The van der Waals surface area contributed by atoms with Crippen molar-refractivity contribution >= 4 is 22.8 Å². The Hall–Kier alpha value is -3.75. The lowest BCUT2D eigenvalue weighted by atomic mass is 10.2. The molecule has 0 saturated carbocycles. The third-order valence-electron chi connectivity index (χ3n) is 4.71. The molecule has 0 radical (unpaired) electrons. The summed E-state index contributed by atoms with van der Waals surface area (Å²) in [4.78, 5) is 0. The van der Waals surface area contributed by atoms with Gasteiger partial charge >= 0.3 is 0 Å². The average Bonchev–Trinajstić information content (AvgIpc) is 3.12. The molecule has 1 N–H and O–H groups in total. The van der Waals surface area contributed by atoms with Crippen molar-refractivity contribution in [2.24, 2.45) is 5.10 Å². The van der Waals surface area contributed by atoms with E-state index in [1.807, 2.05) is 5.43 Å². The number of hydrogen-bond donors (Lipinski definition) is 1. The number of para-hydroxylation sites is 1. The molecule has 158 valence electrons. The van der Waals surface area contributed by atoms with Gasteiger partial charge in [0.25, 0.3) is 0 Å². The molecule has 9 heteroatoms. The number of benzene rings is 3. The topological polar surface area (TPSA) is 29.3 Å². The minimum absolute atomic E-state index is 0.214. The smallest absolute Gasteiger partial charge is 0.200 e. The maximum absolute atomic E-state index is 14.0. The Balaban J connectivity index is 1.67. The zero-order valence-electron chi connectivity index (χ0n) is 15.6. The van der Waals surface area contributed by atoms with Crippen molar-refractivity contribution in [3.63, 3.8) is 0 Å². The summed E-state index contributed by atoms with van der Waals surface area (Å²) in [5, 5.41) is 4.33. The number of nitrogens with zero attached hydrogens (tertiary/aromatic N) is 2. The normalized spacial score (nSPS) is 11.5. The van der Waals surface area contributed by atoms with Crippen molar-refractivity contribution in [1.82, 2.24) is 4.57 Å². The molecule has 0 fully saturated rings. The van der Waals surface area contributed by atoms with Crippen molar-refractivity contribution in [2.45, 2.75) is 6.54 Å². The van der Waals surface area contributed by atoms with Crippen LogP contribution in [-0.4, -0.2) is 10.8 Å². The first-order chi connectivity index (χ1) is 14.9. The SMILES string of the molecule is Fc1ccccc1Cn1cc(/C=N\Nc2c(F)c(F)c(F)c(F)c2F)c2ccccc21. The van der Waals surface area contributed by atoms with Crippen LogP contribution < -0.4 is 5.43 Å². The monoisotopic (exact) mass is 433 g/mol. The predicted octanol–water partition coefficient (Wildman–Crippen LogP) is 5.97. The van der Waals surface area contributed by atoms with E-state index in [2.05, 4.69) is 5.10 Å². The molecule has 1 aromatic heterocycles. The fourth-order valence-electron chi connectivity index (χ4n) is 3.19. The Morgan fingerprint density at radius 2 is 1.39 bits per heavy atom. The first kappa shape index (κ1) is 20.5. The first-order valence-corrected chi connectivity index (χ1v) is 9.00. The zero-order valence-corrected chi connectivity index (χ0v) is 15.6. The molecule has 0 spiro atoms. The van der Waals surface area contributed by atoms with Gasteiger partial charge in [0.05, 0.1) is 12.8 Å². The van der Waals surface area contributed by atoms with E-state index in [0.29, 0.717) is 16.5 Å². The second kappa shape index (κ2) is 8.17. The average molecular weight is 433 g/mol. The van der Waals surface area contributed by atoms with E-state index in [1.54, 1.807) is 53.2 Å². The molecule has 4 rings (SSSR count). The van der Waals surface area contributed by atoms with Crippen LogP contribution in [0.3, 0.4) is 0 Å². The third-order valence-corrected chi connectivity index (χ3v) is 4.71. The van der Waals surface area contributed by atoms with E-state index >= 15 is 0 Å². The van der Waals surface area contributed by atoms with Crippen molar-refractivity contribution in [3.05, 3.63) is 101 Å². The Labute approximate surface area is 172 Å². The number of fused-ring (bicyclic) bond motifs is 1. The van der Waals surface area contributed by atoms with Crippen LogP contribution in [0.25, 0.3) is 10.9 Å². The summed E-state index contributed by atoms with van der Waals surface area (Å²) in [6.07, 6.45) is 2.82. The highest BCUT2D eigenvalue weighted by molar-refractivity contribution is 5.99. The van der Waals surface area contributed by atoms with Crippen LogP contribution in [0.4, 0.5) is 32.0 Å². The van der Waals surface area contributed by atoms with Crippen molar-refractivity contribution in [1.29, 1.82) is 0 Å². The van der Waals surface area contributed by atoms with Crippen LogP contribution in [0.15, 0.2) is 59.8 Å². The van der Waals surface area contributed by atoms with Crippen molar-refractivity contribution in [3.8, 4) is 0 Å².